The Morgan fingerprint density at radius 2 is 1.95 bits per heavy atom. The molecule has 4 heteroatoms. The number of halogens is 1. The molecule has 1 aliphatic rings. The van der Waals surface area contributed by atoms with E-state index in [0.717, 1.165) is 35.4 Å². The molecule has 1 heterocycles. The number of hydrogen-bond acceptors (Lipinski definition) is 3. The summed E-state index contributed by atoms with van der Waals surface area (Å²) in [4.78, 5) is 8.47. The molecule has 0 bridgehead atoms. The summed E-state index contributed by atoms with van der Waals surface area (Å²) < 4.78 is 5.76. The van der Waals surface area contributed by atoms with Gasteiger partial charge in [-0.15, -0.1) is 0 Å². The average Bonchev–Trinajstić information content (AvgIpc) is 3.26. The number of ether oxygens (including phenoxy) is 1. The Morgan fingerprint density at radius 1 is 1.20 bits per heavy atom. The van der Waals surface area contributed by atoms with E-state index in [0.29, 0.717) is 11.3 Å². The van der Waals surface area contributed by atoms with Crippen LogP contribution in [0.2, 0.25) is 5.15 Å². The van der Waals surface area contributed by atoms with Crippen LogP contribution in [-0.4, -0.2) is 16.1 Å². The van der Waals surface area contributed by atoms with Gasteiger partial charge in [0.2, 0.25) is 0 Å². The van der Waals surface area contributed by atoms with E-state index in [-0.39, 0.29) is 0 Å². The van der Waals surface area contributed by atoms with Gasteiger partial charge in [0, 0.05) is 11.1 Å². The van der Waals surface area contributed by atoms with Crippen molar-refractivity contribution in [2.75, 3.05) is 0 Å². The molecule has 0 spiro atoms. The number of aromatic nitrogens is 2. The minimum Gasteiger partial charge on any atom is -0.490 e. The lowest BCUT2D eigenvalue weighted by Crippen LogP contribution is -1.98. The van der Waals surface area contributed by atoms with Crippen LogP contribution in [0.3, 0.4) is 0 Å². The van der Waals surface area contributed by atoms with Crippen LogP contribution < -0.4 is 4.74 Å². The molecule has 1 aromatic carbocycles. The van der Waals surface area contributed by atoms with E-state index >= 15 is 0 Å². The molecule has 1 aromatic heterocycles. The Balaban J connectivity index is 1.89. The van der Waals surface area contributed by atoms with Crippen molar-refractivity contribution >= 4 is 11.6 Å². The fraction of sp³-hybridized carbons (Fsp3) is 0.375. The largest absolute Gasteiger partial charge is 0.490 e. The summed E-state index contributed by atoms with van der Waals surface area (Å²) >= 11 is 6.19. The van der Waals surface area contributed by atoms with Crippen LogP contribution >= 0.6 is 11.6 Å². The lowest BCUT2D eigenvalue weighted by atomic mass is 10.0. The molecule has 2 aromatic rings. The highest BCUT2D eigenvalue weighted by molar-refractivity contribution is 6.30. The van der Waals surface area contributed by atoms with Crippen LogP contribution in [0.15, 0.2) is 30.6 Å². The number of benzene rings is 1. The topological polar surface area (TPSA) is 35.0 Å². The minimum atomic E-state index is 0.421. The van der Waals surface area contributed by atoms with Gasteiger partial charge in [-0.25, -0.2) is 9.97 Å². The molecule has 1 aliphatic carbocycles. The first kappa shape index (κ1) is 13.4. The molecule has 0 saturated heterocycles. The second-order valence-corrected chi connectivity index (χ2v) is 5.44. The van der Waals surface area contributed by atoms with Gasteiger partial charge in [-0.3, -0.25) is 0 Å². The average molecular weight is 289 g/mol. The third kappa shape index (κ3) is 2.93. The molecule has 1 fully saturated rings. The molecule has 20 heavy (non-hydrogen) atoms. The molecule has 1 saturated carbocycles. The van der Waals surface area contributed by atoms with Crippen molar-refractivity contribution < 1.29 is 4.74 Å². The molecule has 3 rings (SSSR count). The summed E-state index contributed by atoms with van der Waals surface area (Å²) in [6.07, 6.45) is 6.18. The van der Waals surface area contributed by atoms with Crippen molar-refractivity contribution in [3.8, 4) is 17.0 Å². The van der Waals surface area contributed by atoms with Gasteiger partial charge >= 0.3 is 0 Å². The molecular weight excluding hydrogens is 272 g/mol. The number of rotatable bonds is 5. The summed E-state index contributed by atoms with van der Waals surface area (Å²) in [5, 5.41) is 0.551. The fourth-order valence-electron chi connectivity index (χ4n) is 2.18. The molecule has 0 radical (unpaired) electrons. The summed E-state index contributed by atoms with van der Waals surface area (Å²) in [6, 6.07) is 8.07. The van der Waals surface area contributed by atoms with Gasteiger partial charge in [-0.05, 0) is 43.5 Å². The molecule has 0 N–H and O–H groups in total. The quantitative estimate of drug-likeness (QED) is 0.770. The van der Waals surface area contributed by atoms with E-state index < -0.39 is 0 Å². The summed E-state index contributed by atoms with van der Waals surface area (Å²) in [7, 11) is 0. The normalized spacial score (nSPS) is 14.3. The van der Waals surface area contributed by atoms with Gasteiger partial charge in [0.15, 0.2) is 0 Å². The standard InChI is InChI=1S/C16H17ClN2O/c1-2-3-14-15(18-10-19-16(14)17)11-4-6-12(7-5-11)20-13-8-9-13/h4-7,10,13H,2-3,8-9H2,1H3. The van der Waals surface area contributed by atoms with Crippen LogP contribution in [0.5, 0.6) is 5.75 Å². The maximum absolute atomic E-state index is 6.19. The molecule has 0 amide bonds. The minimum absolute atomic E-state index is 0.421. The lowest BCUT2D eigenvalue weighted by Gasteiger charge is -2.10. The highest BCUT2D eigenvalue weighted by Gasteiger charge is 2.23. The summed E-state index contributed by atoms with van der Waals surface area (Å²) in [5.41, 5.74) is 3.00. The Labute approximate surface area is 124 Å². The van der Waals surface area contributed by atoms with E-state index in [2.05, 4.69) is 16.9 Å². The van der Waals surface area contributed by atoms with Gasteiger partial charge in [0.1, 0.15) is 17.2 Å². The summed E-state index contributed by atoms with van der Waals surface area (Å²) in [6.45, 7) is 2.12. The SMILES string of the molecule is CCCc1c(Cl)ncnc1-c1ccc(OC2CC2)cc1. The lowest BCUT2D eigenvalue weighted by molar-refractivity contribution is 0.303. The Kier molecular flexibility index (Phi) is 3.88. The van der Waals surface area contributed by atoms with Crippen molar-refractivity contribution in [1.29, 1.82) is 0 Å². The third-order valence-corrected chi connectivity index (χ3v) is 3.67. The molecule has 0 aliphatic heterocycles. The molecule has 3 nitrogen and oxygen atoms in total. The van der Waals surface area contributed by atoms with E-state index in [9.17, 15) is 0 Å². The van der Waals surface area contributed by atoms with Gasteiger partial charge < -0.3 is 4.74 Å². The number of nitrogens with zero attached hydrogens (tertiary/aromatic N) is 2. The van der Waals surface area contributed by atoms with Gasteiger partial charge in [0.05, 0.1) is 11.8 Å². The Bertz CT molecular complexity index is 594. The van der Waals surface area contributed by atoms with E-state index in [1.807, 2.05) is 24.3 Å². The van der Waals surface area contributed by atoms with Crippen LogP contribution in [0.25, 0.3) is 11.3 Å². The highest BCUT2D eigenvalue weighted by atomic mass is 35.5. The zero-order valence-corrected chi connectivity index (χ0v) is 12.2. The predicted molar refractivity (Wildman–Crippen MR) is 80.1 cm³/mol. The van der Waals surface area contributed by atoms with Gasteiger partial charge in [-0.1, -0.05) is 24.9 Å². The fourth-order valence-corrected chi connectivity index (χ4v) is 2.41. The molecule has 0 unspecified atom stereocenters. The molecular formula is C16H17ClN2O. The van der Waals surface area contributed by atoms with E-state index in [4.69, 9.17) is 16.3 Å². The van der Waals surface area contributed by atoms with Crippen molar-refractivity contribution in [3.63, 3.8) is 0 Å². The van der Waals surface area contributed by atoms with Crippen LogP contribution in [0.1, 0.15) is 31.7 Å². The maximum Gasteiger partial charge on any atom is 0.136 e. The monoisotopic (exact) mass is 288 g/mol. The highest BCUT2D eigenvalue weighted by Crippen LogP contribution is 2.30. The van der Waals surface area contributed by atoms with Crippen molar-refractivity contribution in [2.45, 2.75) is 38.7 Å². The van der Waals surface area contributed by atoms with E-state index in [1.54, 1.807) is 0 Å². The van der Waals surface area contributed by atoms with Crippen molar-refractivity contribution in [3.05, 3.63) is 41.3 Å². The van der Waals surface area contributed by atoms with Crippen LogP contribution in [0, 0.1) is 0 Å². The zero-order valence-electron chi connectivity index (χ0n) is 11.5. The molecule has 0 atom stereocenters. The first-order valence-corrected chi connectivity index (χ1v) is 7.42. The van der Waals surface area contributed by atoms with Crippen LogP contribution in [-0.2, 0) is 6.42 Å². The third-order valence-electron chi connectivity index (χ3n) is 3.35. The van der Waals surface area contributed by atoms with Crippen molar-refractivity contribution in [1.82, 2.24) is 9.97 Å². The second-order valence-electron chi connectivity index (χ2n) is 5.08. The molecule has 104 valence electrons. The van der Waals surface area contributed by atoms with E-state index in [1.165, 1.54) is 19.2 Å². The maximum atomic E-state index is 6.19. The number of hydrogen-bond donors (Lipinski definition) is 0. The van der Waals surface area contributed by atoms with Crippen LogP contribution in [0.4, 0.5) is 0 Å². The zero-order chi connectivity index (χ0) is 13.9. The Hall–Kier alpha value is -1.61. The second kappa shape index (κ2) is 5.80. The van der Waals surface area contributed by atoms with Crippen molar-refractivity contribution in [2.24, 2.45) is 0 Å². The first-order valence-electron chi connectivity index (χ1n) is 7.04. The first-order chi connectivity index (χ1) is 9.78. The van der Waals surface area contributed by atoms with Gasteiger partial charge in [-0.2, -0.15) is 0 Å². The predicted octanol–water partition coefficient (Wildman–Crippen LogP) is 4.29. The Morgan fingerprint density at radius 3 is 2.60 bits per heavy atom. The summed E-state index contributed by atoms with van der Waals surface area (Å²) in [5.74, 6) is 0.924. The smallest absolute Gasteiger partial charge is 0.136 e. The van der Waals surface area contributed by atoms with Gasteiger partial charge in [0.25, 0.3) is 0 Å².